The molecular formula is C10H17N3O3. The normalized spacial score (nSPS) is 16.3. The highest BCUT2D eigenvalue weighted by molar-refractivity contribution is 5.69. The molecule has 16 heavy (non-hydrogen) atoms. The summed E-state index contributed by atoms with van der Waals surface area (Å²) in [7, 11) is 0. The van der Waals surface area contributed by atoms with Crippen LogP contribution in [0.2, 0.25) is 0 Å². The number of aliphatic carboxylic acids is 1. The number of nitrogens with zero attached hydrogens (tertiary/aromatic N) is 2. The molecule has 2 rings (SSSR count). The van der Waals surface area contributed by atoms with Crippen molar-refractivity contribution in [3.05, 3.63) is 11.9 Å². The van der Waals surface area contributed by atoms with Gasteiger partial charge in [0, 0.05) is 0 Å². The van der Waals surface area contributed by atoms with Crippen molar-refractivity contribution < 1.29 is 15.0 Å². The minimum Gasteiger partial charge on any atom is -0.481 e. The van der Waals surface area contributed by atoms with Gasteiger partial charge in [-0.2, -0.15) is 15.4 Å². The van der Waals surface area contributed by atoms with Crippen LogP contribution in [0, 0.1) is 5.92 Å². The van der Waals surface area contributed by atoms with E-state index >= 15 is 0 Å². The summed E-state index contributed by atoms with van der Waals surface area (Å²) in [6.07, 6.45) is 6.71. The quantitative estimate of drug-likeness (QED) is 0.698. The molecule has 3 N–H and O–H groups in total. The Bertz CT molecular complexity index is 294. The van der Waals surface area contributed by atoms with E-state index in [0.29, 0.717) is 5.69 Å². The monoisotopic (exact) mass is 227 g/mol. The number of hydrogen-bond donors (Lipinski definition) is 3. The van der Waals surface area contributed by atoms with Crippen molar-refractivity contribution >= 4 is 5.97 Å². The SMILES string of the molecule is O=C(O)C1CCCCC1.OCc1cn[nH]n1. The lowest BCUT2D eigenvalue weighted by molar-refractivity contribution is -0.142. The first-order chi connectivity index (χ1) is 7.74. The molecule has 1 aromatic heterocycles. The fraction of sp³-hybridized carbons (Fsp3) is 0.700. The van der Waals surface area contributed by atoms with E-state index < -0.39 is 5.97 Å². The van der Waals surface area contributed by atoms with Crippen LogP contribution in [0.4, 0.5) is 0 Å². The molecule has 1 aromatic rings. The number of nitrogens with one attached hydrogen (secondary N) is 1. The topological polar surface area (TPSA) is 99.1 Å². The van der Waals surface area contributed by atoms with Crippen LogP contribution in [0.1, 0.15) is 37.8 Å². The Kier molecular flexibility index (Phi) is 5.49. The van der Waals surface area contributed by atoms with Crippen molar-refractivity contribution in [2.24, 2.45) is 5.92 Å². The number of carbonyl (C=O) groups is 1. The van der Waals surface area contributed by atoms with E-state index in [4.69, 9.17) is 10.2 Å². The predicted molar refractivity (Wildman–Crippen MR) is 56.5 cm³/mol. The van der Waals surface area contributed by atoms with Crippen molar-refractivity contribution in [1.29, 1.82) is 0 Å². The van der Waals surface area contributed by atoms with Gasteiger partial charge in [0.2, 0.25) is 0 Å². The first kappa shape index (κ1) is 12.6. The first-order valence-electron chi connectivity index (χ1n) is 5.42. The molecule has 6 nitrogen and oxygen atoms in total. The number of carboxylic acids is 1. The van der Waals surface area contributed by atoms with Gasteiger partial charge in [-0.05, 0) is 12.8 Å². The number of aliphatic hydroxyl groups excluding tert-OH is 1. The molecule has 90 valence electrons. The second-order valence-electron chi connectivity index (χ2n) is 3.79. The minimum atomic E-state index is -0.602. The molecule has 1 aliphatic rings. The molecule has 0 atom stereocenters. The zero-order valence-corrected chi connectivity index (χ0v) is 9.09. The zero-order chi connectivity index (χ0) is 11.8. The molecular weight excluding hydrogens is 210 g/mol. The van der Waals surface area contributed by atoms with Gasteiger partial charge in [-0.25, -0.2) is 0 Å². The summed E-state index contributed by atoms with van der Waals surface area (Å²) < 4.78 is 0. The van der Waals surface area contributed by atoms with Gasteiger partial charge >= 0.3 is 5.97 Å². The molecule has 1 heterocycles. The third-order valence-corrected chi connectivity index (χ3v) is 2.58. The molecule has 0 bridgehead atoms. The van der Waals surface area contributed by atoms with Crippen LogP contribution in [0.25, 0.3) is 0 Å². The third kappa shape index (κ3) is 4.39. The Morgan fingerprint density at radius 2 is 2.12 bits per heavy atom. The maximum absolute atomic E-state index is 10.4. The van der Waals surface area contributed by atoms with Crippen LogP contribution in [0.3, 0.4) is 0 Å². The minimum absolute atomic E-state index is 0.0289. The van der Waals surface area contributed by atoms with Gasteiger partial charge in [-0.1, -0.05) is 19.3 Å². The Balaban J connectivity index is 0.000000165. The van der Waals surface area contributed by atoms with Crippen molar-refractivity contribution in [3.8, 4) is 0 Å². The van der Waals surface area contributed by atoms with Gasteiger partial charge in [0.25, 0.3) is 0 Å². The highest BCUT2D eigenvalue weighted by atomic mass is 16.4. The van der Waals surface area contributed by atoms with Gasteiger partial charge in [0.15, 0.2) is 0 Å². The number of aromatic nitrogens is 3. The highest BCUT2D eigenvalue weighted by Gasteiger charge is 2.19. The number of carboxylic acid groups (broad SMARTS) is 1. The van der Waals surface area contributed by atoms with Crippen LogP contribution >= 0.6 is 0 Å². The molecule has 0 unspecified atom stereocenters. The molecule has 1 fully saturated rings. The van der Waals surface area contributed by atoms with E-state index in [0.717, 1.165) is 25.7 Å². The van der Waals surface area contributed by atoms with E-state index in [2.05, 4.69) is 15.4 Å². The van der Waals surface area contributed by atoms with Gasteiger partial charge in [0.05, 0.1) is 18.7 Å². The molecule has 1 saturated carbocycles. The van der Waals surface area contributed by atoms with Crippen LogP contribution in [0.5, 0.6) is 0 Å². The number of rotatable bonds is 2. The standard InChI is InChI=1S/C7H12O2.C3H5N3O/c8-7(9)6-4-2-1-3-5-6;7-2-3-1-4-6-5-3/h6H,1-5H2,(H,8,9);1,7H,2H2,(H,4,5,6). The Morgan fingerprint density at radius 3 is 2.44 bits per heavy atom. The smallest absolute Gasteiger partial charge is 0.306 e. The van der Waals surface area contributed by atoms with E-state index in [9.17, 15) is 4.79 Å². The van der Waals surface area contributed by atoms with Gasteiger partial charge in [0.1, 0.15) is 5.69 Å². The Morgan fingerprint density at radius 1 is 1.44 bits per heavy atom. The lowest BCUT2D eigenvalue weighted by Crippen LogP contribution is -2.16. The molecule has 1 aliphatic carbocycles. The van der Waals surface area contributed by atoms with E-state index in [1.54, 1.807) is 0 Å². The summed E-state index contributed by atoms with van der Waals surface area (Å²) in [5.41, 5.74) is 0.569. The van der Waals surface area contributed by atoms with Crippen LogP contribution in [-0.4, -0.2) is 31.6 Å². The number of H-pyrrole nitrogens is 1. The third-order valence-electron chi connectivity index (χ3n) is 2.58. The van der Waals surface area contributed by atoms with E-state index in [1.807, 2.05) is 0 Å². The fourth-order valence-corrected chi connectivity index (χ4v) is 1.65. The average molecular weight is 227 g/mol. The van der Waals surface area contributed by atoms with Crippen LogP contribution in [0.15, 0.2) is 6.20 Å². The largest absolute Gasteiger partial charge is 0.481 e. The average Bonchev–Trinajstić information content (AvgIpc) is 2.84. The molecule has 0 aromatic carbocycles. The Hall–Kier alpha value is -1.43. The Labute approximate surface area is 93.7 Å². The van der Waals surface area contributed by atoms with Crippen molar-refractivity contribution in [1.82, 2.24) is 15.4 Å². The molecule has 0 radical (unpaired) electrons. The maximum atomic E-state index is 10.4. The van der Waals surface area contributed by atoms with E-state index in [1.165, 1.54) is 12.6 Å². The van der Waals surface area contributed by atoms with Crippen LogP contribution < -0.4 is 0 Å². The van der Waals surface area contributed by atoms with Crippen LogP contribution in [-0.2, 0) is 11.4 Å². The summed E-state index contributed by atoms with van der Waals surface area (Å²) in [6, 6.07) is 0. The predicted octanol–water partition coefficient (Wildman–Crippen LogP) is 0.948. The second kappa shape index (κ2) is 6.95. The summed E-state index contributed by atoms with van der Waals surface area (Å²) in [5.74, 6) is -0.631. The maximum Gasteiger partial charge on any atom is 0.306 e. The molecule has 0 spiro atoms. The summed E-state index contributed by atoms with van der Waals surface area (Å²) in [5, 5.41) is 26.2. The first-order valence-corrected chi connectivity index (χ1v) is 5.42. The second-order valence-corrected chi connectivity index (χ2v) is 3.79. The highest BCUT2D eigenvalue weighted by Crippen LogP contribution is 2.23. The number of aliphatic hydroxyl groups is 1. The lowest BCUT2D eigenvalue weighted by Gasteiger charge is -2.16. The lowest BCUT2D eigenvalue weighted by atomic mass is 9.90. The van der Waals surface area contributed by atoms with Gasteiger partial charge < -0.3 is 10.2 Å². The molecule has 0 amide bonds. The number of aromatic amines is 1. The number of hydrogen-bond acceptors (Lipinski definition) is 4. The molecule has 0 saturated heterocycles. The zero-order valence-electron chi connectivity index (χ0n) is 9.09. The van der Waals surface area contributed by atoms with Crippen molar-refractivity contribution in [2.45, 2.75) is 38.7 Å². The molecule has 0 aliphatic heterocycles. The van der Waals surface area contributed by atoms with Gasteiger partial charge in [-0.3, -0.25) is 4.79 Å². The van der Waals surface area contributed by atoms with Crippen molar-refractivity contribution in [2.75, 3.05) is 0 Å². The summed E-state index contributed by atoms with van der Waals surface area (Å²) in [6.45, 7) is -0.0451. The fourth-order valence-electron chi connectivity index (χ4n) is 1.65. The van der Waals surface area contributed by atoms with Gasteiger partial charge in [-0.15, -0.1) is 0 Å². The summed E-state index contributed by atoms with van der Waals surface area (Å²) in [4.78, 5) is 10.4. The van der Waals surface area contributed by atoms with Crippen molar-refractivity contribution in [3.63, 3.8) is 0 Å². The molecule has 6 heteroatoms. The van der Waals surface area contributed by atoms with E-state index in [-0.39, 0.29) is 12.5 Å². The summed E-state index contributed by atoms with van der Waals surface area (Å²) >= 11 is 0.